The van der Waals surface area contributed by atoms with E-state index in [0.717, 1.165) is 31.2 Å². The van der Waals surface area contributed by atoms with E-state index in [0.29, 0.717) is 29.3 Å². The summed E-state index contributed by atoms with van der Waals surface area (Å²) in [5.41, 5.74) is 7.46. The number of H-pyrrole nitrogens is 1. The Morgan fingerprint density at radius 1 is 1.43 bits per heavy atom. The quantitative estimate of drug-likeness (QED) is 0.603. The van der Waals surface area contributed by atoms with Crippen LogP contribution in [0.15, 0.2) is 18.2 Å². The summed E-state index contributed by atoms with van der Waals surface area (Å²) in [4.78, 5) is 12.2. The first-order valence-corrected chi connectivity index (χ1v) is 7.56. The molecule has 0 spiro atoms. The number of nitrogen functional groups attached to an aromatic ring is 1. The van der Waals surface area contributed by atoms with E-state index in [1.807, 2.05) is 6.07 Å². The lowest BCUT2D eigenvalue weighted by Gasteiger charge is -2.14. The minimum Gasteiger partial charge on any atom is -0.461 e. The zero-order valence-electron chi connectivity index (χ0n) is 12.7. The van der Waals surface area contributed by atoms with Crippen molar-refractivity contribution in [2.75, 3.05) is 12.3 Å². The molecule has 1 atom stereocenters. The summed E-state index contributed by atoms with van der Waals surface area (Å²) in [5.74, 6) is 0.0333. The van der Waals surface area contributed by atoms with Crippen LogP contribution in [0.5, 0.6) is 0 Å². The summed E-state index contributed by atoms with van der Waals surface area (Å²) in [7, 11) is 0. The molecule has 1 unspecified atom stereocenters. The van der Waals surface area contributed by atoms with Gasteiger partial charge in [-0.25, -0.2) is 4.79 Å². The van der Waals surface area contributed by atoms with Crippen LogP contribution in [-0.4, -0.2) is 22.8 Å². The largest absolute Gasteiger partial charge is 0.461 e. The first kappa shape index (κ1) is 15.4. The second-order valence-electron chi connectivity index (χ2n) is 5.39. The van der Waals surface area contributed by atoms with Gasteiger partial charge in [0.15, 0.2) is 5.69 Å². The number of fused-ring (bicyclic) bond motifs is 1. The highest BCUT2D eigenvalue weighted by atomic mass is 16.5. The van der Waals surface area contributed by atoms with E-state index in [1.54, 1.807) is 12.1 Å². The second kappa shape index (κ2) is 7.11. The topological polar surface area (TPSA) is 81.0 Å². The smallest absolute Gasteiger partial charge is 0.359 e. The van der Waals surface area contributed by atoms with Crippen LogP contribution in [0.2, 0.25) is 0 Å². The SMILES string of the molecule is CCCCC(CC)COC(=O)c1n[nH]c2ccc(N)cc12. The van der Waals surface area contributed by atoms with Crippen molar-refractivity contribution < 1.29 is 9.53 Å². The number of anilines is 1. The van der Waals surface area contributed by atoms with E-state index in [1.165, 1.54) is 0 Å². The summed E-state index contributed by atoms with van der Waals surface area (Å²) < 4.78 is 5.42. The zero-order valence-corrected chi connectivity index (χ0v) is 12.7. The van der Waals surface area contributed by atoms with Gasteiger partial charge in [0, 0.05) is 11.1 Å². The zero-order chi connectivity index (χ0) is 15.2. The van der Waals surface area contributed by atoms with Gasteiger partial charge < -0.3 is 10.5 Å². The third kappa shape index (κ3) is 3.74. The molecule has 0 saturated heterocycles. The molecule has 0 aliphatic heterocycles. The molecule has 0 bridgehead atoms. The number of nitrogens with two attached hydrogens (primary N) is 1. The molecule has 21 heavy (non-hydrogen) atoms. The number of ether oxygens (including phenoxy) is 1. The molecule has 2 rings (SSSR count). The minimum atomic E-state index is -0.387. The van der Waals surface area contributed by atoms with Gasteiger partial charge in [0.25, 0.3) is 0 Å². The van der Waals surface area contributed by atoms with Crippen molar-refractivity contribution in [3.8, 4) is 0 Å². The van der Waals surface area contributed by atoms with E-state index in [-0.39, 0.29) is 5.97 Å². The van der Waals surface area contributed by atoms with E-state index in [9.17, 15) is 4.79 Å². The van der Waals surface area contributed by atoms with Crippen molar-refractivity contribution in [2.45, 2.75) is 39.5 Å². The molecule has 0 aliphatic carbocycles. The van der Waals surface area contributed by atoms with Gasteiger partial charge in [-0.1, -0.05) is 33.1 Å². The summed E-state index contributed by atoms with van der Waals surface area (Å²) in [6.07, 6.45) is 4.43. The van der Waals surface area contributed by atoms with E-state index in [2.05, 4.69) is 24.0 Å². The number of hydrogen-bond donors (Lipinski definition) is 2. The van der Waals surface area contributed by atoms with Crippen LogP contribution in [0, 0.1) is 5.92 Å². The van der Waals surface area contributed by atoms with Gasteiger partial charge in [-0.3, -0.25) is 5.10 Å². The normalized spacial score (nSPS) is 12.5. The maximum absolute atomic E-state index is 12.2. The number of carbonyl (C=O) groups is 1. The van der Waals surface area contributed by atoms with Crippen molar-refractivity contribution in [1.82, 2.24) is 10.2 Å². The molecular weight excluding hydrogens is 266 g/mol. The fraction of sp³-hybridized carbons (Fsp3) is 0.500. The summed E-state index contributed by atoms with van der Waals surface area (Å²) in [5, 5.41) is 7.58. The molecule has 1 heterocycles. The molecule has 1 aromatic carbocycles. The number of nitrogens with one attached hydrogen (secondary N) is 1. The Kier molecular flexibility index (Phi) is 5.20. The Balaban J connectivity index is 2.03. The average Bonchev–Trinajstić information content (AvgIpc) is 2.90. The molecule has 5 nitrogen and oxygen atoms in total. The Morgan fingerprint density at radius 3 is 2.95 bits per heavy atom. The van der Waals surface area contributed by atoms with Crippen LogP contribution in [-0.2, 0) is 4.74 Å². The maximum atomic E-state index is 12.2. The van der Waals surface area contributed by atoms with Gasteiger partial charge in [0.2, 0.25) is 0 Å². The molecule has 114 valence electrons. The van der Waals surface area contributed by atoms with Crippen LogP contribution in [0.3, 0.4) is 0 Å². The fourth-order valence-corrected chi connectivity index (χ4v) is 2.35. The van der Waals surface area contributed by atoms with Gasteiger partial charge in [0.05, 0.1) is 12.1 Å². The molecule has 5 heteroatoms. The number of nitrogens with zero attached hydrogens (tertiary/aromatic N) is 1. The third-order valence-corrected chi connectivity index (χ3v) is 3.77. The van der Waals surface area contributed by atoms with Gasteiger partial charge in [-0.05, 0) is 30.5 Å². The Hall–Kier alpha value is -2.04. The summed E-state index contributed by atoms with van der Waals surface area (Å²) in [6, 6.07) is 5.32. The fourth-order valence-electron chi connectivity index (χ4n) is 2.35. The first-order valence-electron chi connectivity index (χ1n) is 7.56. The number of esters is 1. The van der Waals surface area contributed by atoms with Gasteiger partial charge >= 0.3 is 5.97 Å². The highest BCUT2D eigenvalue weighted by molar-refractivity contribution is 6.02. The third-order valence-electron chi connectivity index (χ3n) is 3.77. The highest BCUT2D eigenvalue weighted by Gasteiger charge is 2.17. The van der Waals surface area contributed by atoms with Crippen LogP contribution >= 0.6 is 0 Å². The highest BCUT2D eigenvalue weighted by Crippen LogP contribution is 2.20. The first-order chi connectivity index (χ1) is 10.2. The van der Waals surface area contributed by atoms with Crippen molar-refractivity contribution in [1.29, 1.82) is 0 Å². The second-order valence-corrected chi connectivity index (χ2v) is 5.39. The molecule has 0 aliphatic rings. The Morgan fingerprint density at radius 2 is 2.24 bits per heavy atom. The summed E-state index contributed by atoms with van der Waals surface area (Å²) in [6.45, 7) is 4.74. The Labute approximate surface area is 124 Å². The molecule has 0 amide bonds. The maximum Gasteiger partial charge on any atom is 0.359 e. The number of carbonyl (C=O) groups excluding carboxylic acids is 1. The average molecular weight is 289 g/mol. The standard InChI is InChI=1S/C16H23N3O2/c1-3-5-6-11(4-2)10-21-16(20)15-13-9-12(17)7-8-14(13)18-19-15/h7-9,11H,3-6,10,17H2,1-2H3,(H,18,19). The molecule has 2 aromatic rings. The lowest BCUT2D eigenvalue weighted by atomic mass is 10.0. The van der Waals surface area contributed by atoms with Crippen LogP contribution in [0.25, 0.3) is 10.9 Å². The molecule has 0 fully saturated rings. The van der Waals surface area contributed by atoms with Gasteiger partial charge in [0.1, 0.15) is 0 Å². The van der Waals surface area contributed by atoms with E-state index in [4.69, 9.17) is 10.5 Å². The van der Waals surface area contributed by atoms with Crippen molar-refractivity contribution in [2.24, 2.45) is 5.92 Å². The lowest BCUT2D eigenvalue weighted by Crippen LogP contribution is -2.14. The van der Waals surface area contributed by atoms with Crippen molar-refractivity contribution >= 4 is 22.6 Å². The molecule has 1 aromatic heterocycles. The van der Waals surface area contributed by atoms with Crippen molar-refractivity contribution in [3.63, 3.8) is 0 Å². The molecule has 3 N–H and O–H groups in total. The number of unbranched alkanes of at least 4 members (excludes halogenated alkanes) is 1. The van der Waals surface area contributed by atoms with E-state index < -0.39 is 0 Å². The monoisotopic (exact) mass is 289 g/mol. The predicted octanol–water partition coefficient (Wildman–Crippen LogP) is 3.52. The number of aromatic amines is 1. The minimum absolute atomic E-state index is 0.308. The summed E-state index contributed by atoms with van der Waals surface area (Å²) >= 11 is 0. The number of aromatic nitrogens is 2. The van der Waals surface area contributed by atoms with Crippen LogP contribution in [0.1, 0.15) is 50.0 Å². The number of benzene rings is 1. The molecule has 0 radical (unpaired) electrons. The van der Waals surface area contributed by atoms with Gasteiger partial charge in [-0.2, -0.15) is 5.10 Å². The van der Waals surface area contributed by atoms with E-state index >= 15 is 0 Å². The van der Waals surface area contributed by atoms with Crippen molar-refractivity contribution in [3.05, 3.63) is 23.9 Å². The molecule has 0 saturated carbocycles. The number of rotatable bonds is 7. The van der Waals surface area contributed by atoms with Crippen LogP contribution in [0.4, 0.5) is 5.69 Å². The Bertz CT molecular complexity index is 607. The molecular formula is C16H23N3O2. The number of hydrogen-bond acceptors (Lipinski definition) is 4. The van der Waals surface area contributed by atoms with Gasteiger partial charge in [-0.15, -0.1) is 0 Å². The predicted molar refractivity (Wildman–Crippen MR) is 84.1 cm³/mol. The lowest BCUT2D eigenvalue weighted by molar-refractivity contribution is 0.0423. The van der Waals surface area contributed by atoms with Crippen LogP contribution < -0.4 is 5.73 Å².